The van der Waals surface area contributed by atoms with Crippen molar-refractivity contribution in [2.45, 2.75) is 62.8 Å². The third-order valence-electron chi connectivity index (χ3n) is 17.4. The number of nitrogens with one attached hydrogen (secondary N) is 7. The molecule has 538 valence electrons. The first kappa shape index (κ1) is 71.0. The Kier molecular flexibility index (Phi) is 22.4. The molecule has 1 fully saturated rings. The van der Waals surface area contributed by atoms with E-state index in [1.807, 2.05) is 106 Å². The number of aromatic nitrogens is 5. The molecular formula is C70H75N19O14Si. The molecule has 5 atom stereocenters. The molecule has 13 rings (SSSR count). The number of aliphatic hydroxyl groups is 1. The quantitative estimate of drug-likeness (QED) is 0.0131. The molecule has 5 amide bonds. The number of hydrogen-bond acceptors (Lipinski definition) is 22. The molecule has 34 heteroatoms. The van der Waals surface area contributed by atoms with Crippen LogP contribution in [-0.4, -0.2) is 217 Å². The van der Waals surface area contributed by atoms with Gasteiger partial charge in [-0.15, -0.1) is 5.10 Å². The first-order valence-electron chi connectivity index (χ1n) is 33.9. The second-order valence-electron chi connectivity index (χ2n) is 24.5. The molecule has 0 radical (unpaired) electrons. The van der Waals surface area contributed by atoms with Crippen LogP contribution in [0.3, 0.4) is 0 Å². The first-order valence-corrected chi connectivity index (χ1v) is 35.6. The number of rotatable bonds is 29. The average molecular weight is 1430 g/mol. The second-order valence-corrected chi connectivity index (χ2v) is 27.1. The third-order valence-corrected chi connectivity index (χ3v) is 20.6. The minimum atomic E-state index is -4.56. The molecule has 1 unspecified atom stereocenters. The number of nitrogens with zero attached hydrogens (tertiary/aromatic N) is 11. The van der Waals surface area contributed by atoms with Crippen molar-refractivity contribution in [2.24, 2.45) is 35.7 Å². The molecule has 6 bridgehead atoms. The Morgan fingerprint density at radius 1 is 0.548 bits per heavy atom. The molecule has 5 aliphatic heterocycles. The largest absolute Gasteiger partial charge is 0.603 e. The van der Waals surface area contributed by atoms with Crippen molar-refractivity contribution in [3.05, 3.63) is 178 Å². The Morgan fingerprint density at radius 2 is 1.03 bits per heavy atom. The van der Waals surface area contributed by atoms with E-state index >= 15 is 0 Å². The van der Waals surface area contributed by atoms with Crippen LogP contribution in [0.1, 0.15) is 52.8 Å². The molecule has 3 aromatic heterocycles. The van der Waals surface area contributed by atoms with Gasteiger partial charge in [0.15, 0.2) is 29.3 Å². The Bertz CT molecular complexity index is 4700. The molecule has 5 aromatic carbocycles. The van der Waals surface area contributed by atoms with Gasteiger partial charge < -0.3 is 75.6 Å². The predicted molar refractivity (Wildman–Crippen MR) is 379 cm³/mol. The number of benzene rings is 5. The molecule has 0 saturated carbocycles. The van der Waals surface area contributed by atoms with Gasteiger partial charge in [-0.05, 0) is 18.4 Å². The highest BCUT2D eigenvalue weighted by Gasteiger charge is 2.53. The number of aliphatic imine (C=N–C) groups is 4. The van der Waals surface area contributed by atoms with Gasteiger partial charge in [-0.1, -0.05) is 133 Å². The number of aliphatic carboxylic acids is 1. The highest BCUT2D eigenvalue weighted by molar-refractivity contribution is 6.66. The summed E-state index contributed by atoms with van der Waals surface area (Å²) < 4.78 is 44.5. The molecule has 33 nitrogen and oxygen atoms in total. The van der Waals surface area contributed by atoms with Crippen LogP contribution in [0.5, 0.6) is 0 Å². The maximum Gasteiger partial charge on any atom is 0.603 e. The number of carboxylic acid groups (broad SMARTS) is 1. The summed E-state index contributed by atoms with van der Waals surface area (Å²) in [4.78, 5) is 114. The lowest BCUT2D eigenvalue weighted by Gasteiger charge is -2.33. The number of hydrogen-bond donors (Lipinski definition) is 10. The molecule has 8 heterocycles. The monoisotopic (exact) mass is 1430 g/mol. The van der Waals surface area contributed by atoms with Gasteiger partial charge in [0, 0.05) is 69.4 Å². The number of guanidine groups is 1. The van der Waals surface area contributed by atoms with Crippen molar-refractivity contribution in [3.8, 4) is 0 Å². The smallest absolute Gasteiger partial charge is 0.481 e. The summed E-state index contributed by atoms with van der Waals surface area (Å²) in [7, 11) is -4.56. The Balaban J connectivity index is 0.749. The van der Waals surface area contributed by atoms with E-state index in [-0.39, 0.29) is 123 Å². The SMILES string of the molecule is N=C(N)NCCC[C@@H]1NC(=O)[C@H](Cc2cn(CCOCCOCCO[Si]3(OCCOCCOCCO)n4c5c6ccccc6c4N=C4N=C(N=c6c7ccccc7c(n63)=NC3=NC(=N5)c5ccccc53)c3ccccc34)nn2)NC(=O)[C@@H](Cc2ccccc2)NC(=O)[C@H](CC(=O)O)NC(=O)CNC1=O. The minimum Gasteiger partial charge on any atom is -0.481 e. The van der Waals surface area contributed by atoms with Crippen molar-refractivity contribution >= 4 is 107 Å². The lowest BCUT2D eigenvalue weighted by Crippen LogP contribution is -2.64. The molecular weight excluding hydrogens is 1360 g/mol. The number of amides is 5. The van der Waals surface area contributed by atoms with Crippen LogP contribution in [0.2, 0.25) is 0 Å². The van der Waals surface area contributed by atoms with E-state index in [2.05, 4.69) is 42.2 Å². The zero-order chi connectivity index (χ0) is 72.1. The average Bonchev–Trinajstić information content (AvgIpc) is 1.53. The maximum absolute atomic E-state index is 14.5. The molecule has 0 spiro atoms. The Morgan fingerprint density at radius 3 is 1.58 bits per heavy atom. The Labute approximate surface area is 594 Å². The van der Waals surface area contributed by atoms with Gasteiger partial charge in [0.05, 0.1) is 97.9 Å². The van der Waals surface area contributed by atoms with Crippen LogP contribution in [-0.2, 0) is 76.0 Å². The van der Waals surface area contributed by atoms with Crippen LogP contribution in [0.4, 0.5) is 11.6 Å². The topological polar surface area (TPSA) is 435 Å². The van der Waals surface area contributed by atoms with E-state index in [1.54, 1.807) is 36.5 Å². The van der Waals surface area contributed by atoms with E-state index in [0.717, 1.165) is 43.8 Å². The molecule has 0 aliphatic carbocycles. The van der Waals surface area contributed by atoms with Gasteiger partial charge in [0.1, 0.15) is 46.8 Å². The molecule has 5 aliphatic rings. The van der Waals surface area contributed by atoms with Crippen molar-refractivity contribution < 1.29 is 66.8 Å². The second kappa shape index (κ2) is 32.7. The summed E-state index contributed by atoms with van der Waals surface area (Å²) in [6.07, 6.45) is 0.523. The number of fused-ring (bicyclic) bond motifs is 14. The van der Waals surface area contributed by atoms with Gasteiger partial charge in [0.25, 0.3) is 0 Å². The number of carbonyl (C=O) groups is 6. The normalized spacial score (nSPS) is 19.2. The predicted octanol–water partition coefficient (Wildman–Crippen LogP) is 0.347. The minimum absolute atomic E-state index is 0.0147. The summed E-state index contributed by atoms with van der Waals surface area (Å²) in [5.41, 5.74) is 10.3. The van der Waals surface area contributed by atoms with Crippen LogP contribution in [0.15, 0.2) is 164 Å². The molecule has 104 heavy (non-hydrogen) atoms. The fourth-order valence-electron chi connectivity index (χ4n) is 12.6. The third kappa shape index (κ3) is 16.0. The van der Waals surface area contributed by atoms with Gasteiger partial charge >= 0.3 is 14.9 Å². The fourth-order valence-corrected chi connectivity index (χ4v) is 15.9. The van der Waals surface area contributed by atoms with Crippen LogP contribution < -0.4 is 48.6 Å². The van der Waals surface area contributed by atoms with Crippen molar-refractivity contribution in [3.63, 3.8) is 0 Å². The number of aliphatic hydroxyl groups excluding tert-OH is 1. The first-order chi connectivity index (χ1) is 50.7. The summed E-state index contributed by atoms with van der Waals surface area (Å²) in [6, 6.07) is 34.2. The summed E-state index contributed by atoms with van der Waals surface area (Å²) in [5, 5.41) is 53.5. The maximum atomic E-state index is 14.5. The van der Waals surface area contributed by atoms with Crippen LogP contribution >= 0.6 is 0 Å². The molecule has 1 saturated heterocycles. The van der Waals surface area contributed by atoms with E-state index in [0.29, 0.717) is 51.5 Å². The van der Waals surface area contributed by atoms with E-state index in [9.17, 15) is 39.0 Å². The summed E-state index contributed by atoms with van der Waals surface area (Å²) >= 11 is 0. The zero-order valence-electron chi connectivity index (χ0n) is 56.2. The van der Waals surface area contributed by atoms with Crippen molar-refractivity contribution in [2.75, 3.05) is 85.8 Å². The highest BCUT2D eigenvalue weighted by Crippen LogP contribution is 2.43. The van der Waals surface area contributed by atoms with Crippen LogP contribution in [0.25, 0.3) is 21.5 Å². The lowest BCUT2D eigenvalue weighted by atomic mass is 10.0. The number of carbonyl (C=O) groups excluding carboxylic acids is 5. The summed E-state index contributed by atoms with van der Waals surface area (Å²) in [5.74, 6) is -3.54. The fraction of sp³-hybridized carbons (Fsp3) is 0.329. The van der Waals surface area contributed by atoms with Crippen molar-refractivity contribution in [1.82, 2.24) is 55.4 Å². The lowest BCUT2D eigenvalue weighted by molar-refractivity contribution is -0.141. The van der Waals surface area contributed by atoms with E-state index in [1.165, 1.54) is 4.68 Å². The van der Waals surface area contributed by atoms with Crippen LogP contribution in [0, 0.1) is 5.41 Å². The number of ether oxygens (including phenoxy) is 4. The van der Waals surface area contributed by atoms with Gasteiger partial charge in [-0.2, -0.15) is 0 Å². The number of amidine groups is 4. The zero-order valence-corrected chi connectivity index (χ0v) is 57.2. The Hall–Kier alpha value is -11.4. The van der Waals surface area contributed by atoms with Gasteiger partial charge in [0.2, 0.25) is 29.5 Å². The van der Waals surface area contributed by atoms with E-state index in [4.69, 9.17) is 68.9 Å². The van der Waals surface area contributed by atoms with Gasteiger partial charge in [-0.3, -0.25) is 42.6 Å². The van der Waals surface area contributed by atoms with Gasteiger partial charge in [-0.25, -0.2) is 34.6 Å². The highest BCUT2D eigenvalue weighted by atomic mass is 28.4. The van der Waals surface area contributed by atoms with E-state index < -0.39 is 81.5 Å². The molecule has 11 N–H and O–H groups in total. The number of nitrogens with two attached hydrogens (primary N) is 1. The number of carboxylic acids is 1. The van der Waals surface area contributed by atoms with Crippen molar-refractivity contribution in [1.29, 1.82) is 5.41 Å². The standard InChI is InChI=1S/C70H75N19O14Si/c71-70(72)73-24-12-23-52-66(94)74-40-56(91)75-55(39-57(92)93)69(97)77-53(37-42-13-2-1-3-14-42)67(95)78-54(68(96)76-52)38-43-41-87(86-85-43)25-27-98-29-31-100-33-35-102-104(103-36-34-101-32-30-99-28-26-90)88-62-48-19-8-9-20-49(48)64(88)83-60-46-17-6-7-18-47(46)61(80-60)84-65-51-22-11-10-21-50(51)63(89(65)104)82-59-45-16-5-4-15-44(45)58(79-59)81-62/h1-11,13-22,41,52-55,90H,12,23-40H2,(H,74,94)(H,75,91)(H,76,96)(H,77,97)(H,78,95)(H,92,93)(H4,71,72,73)/t52-,53+,54-,55-,104?/m0/s1. The summed E-state index contributed by atoms with van der Waals surface area (Å²) in [6.45, 7) is 0.553. The molecule has 8 aromatic rings.